The first-order valence-corrected chi connectivity index (χ1v) is 15.3. The van der Waals surface area contributed by atoms with Gasteiger partial charge >= 0.3 is 16.1 Å². The van der Waals surface area contributed by atoms with E-state index in [1.54, 1.807) is 18.2 Å². The van der Waals surface area contributed by atoms with Gasteiger partial charge in [0.15, 0.2) is 11.5 Å². The molecule has 0 radical (unpaired) electrons. The van der Waals surface area contributed by atoms with Crippen LogP contribution in [-0.2, 0) is 24.4 Å². The molecule has 1 fully saturated rings. The summed E-state index contributed by atoms with van der Waals surface area (Å²) in [4.78, 5) is 51.3. The van der Waals surface area contributed by atoms with Crippen LogP contribution >= 0.6 is 23.4 Å². The number of hydrogen-bond donors (Lipinski definition) is 1. The maximum atomic E-state index is 13.0. The molecule has 14 heteroatoms. The Morgan fingerprint density at radius 3 is 2.47 bits per heavy atom. The summed E-state index contributed by atoms with van der Waals surface area (Å²) in [5, 5.41) is 2.03. The van der Waals surface area contributed by atoms with Gasteiger partial charge in [-0.2, -0.15) is 8.42 Å². The maximum absolute atomic E-state index is 13.0. The highest BCUT2D eigenvalue weighted by atomic mass is 35.5. The monoisotopic (exact) mass is 644 g/mol. The van der Waals surface area contributed by atoms with E-state index in [0.717, 1.165) is 4.90 Å². The van der Waals surface area contributed by atoms with Gasteiger partial charge in [0.1, 0.15) is 11.4 Å². The second-order valence-corrected chi connectivity index (χ2v) is 11.9. The minimum absolute atomic E-state index is 0.0372. The lowest BCUT2D eigenvalue weighted by Gasteiger charge is -2.13. The predicted octanol–water partition coefficient (Wildman–Crippen LogP) is 5.36. The molecule has 0 aromatic heterocycles. The first-order valence-electron chi connectivity index (χ1n) is 12.7. The molecule has 1 aliphatic rings. The summed E-state index contributed by atoms with van der Waals surface area (Å²) in [5.74, 6) is -2.02. The van der Waals surface area contributed by atoms with Crippen LogP contribution in [0.5, 0.6) is 11.5 Å². The van der Waals surface area contributed by atoms with Crippen molar-refractivity contribution in [1.82, 2.24) is 4.90 Å². The summed E-state index contributed by atoms with van der Waals surface area (Å²) in [6, 6.07) is 16.1. The highest BCUT2D eigenvalue weighted by Gasteiger charge is 2.36. The topological polar surface area (TPSA) is 145 Å². The molecule has 1 saturated heterocycles. The largest absolute Gasteiger partial charge is 0.493 e. The number of hydrogen-bond acceptors (Lipinski definition) is 10. The van der Waals surface area contributed by atoms with Gasteiger partial charge in [0.2, 0.25) is 5.91 Å². The van der Waals surface area contributed by atoms with Crippen LogP contribution in [0.4, 0.5) is 10.5 Å². The first kappa shape index (κ1) is 31.6. The van der Waals surface area contributed by atoms with E-state index in [1.807, 2.05) is 6.92 Å². The molecule has 0 spiro atoms. The number of rotatable bonds is 11. The van der Waals surface area contributed by atoms with E-state index in [9.17, 15) is 27.6 Å². The summed E-state index contributed by atoms with van der Waals surface area (Å²) < 4.78 is 40.8. The fourth-order valence-corrected chi connectivity index (χ4v) is 5.75. The van der Waals surface area contributed by atoms with Crippen LogP contribution in [0, 0.1) is 0 Å². The van der Waals surface area contributed by atoms with Crippen molar-refractivity contribution in [1.29, 1.82) is 0 Å². The molecule has 224 valence electrons. The molecule has 3 aromatic carbocycles. The normalized spacial score (nSPS) is 14.1. The number of anilines is 1. The van der Waals surface area contributed by atoms with Crippen LogP contribution in [-0.4, -0.2) is 56.6 Å². The van der Waals surface area contributed by atoms with Crippen molar-refractivity contribution in [2.24, 2.45) is 0 Å². The van der Waals surface area contributed by atoms with Gasteiger partial charge in [0, 0.05) is 5.69 Å². The Morgan fingerprint density at radius 1 is 1.02 bits per heavy atom. The Labute approximate surface area is 256 Å². The van der Waals surface area contributed by atoms with Gasteiger partial charge in [0.25, 0.3) is 11.1 Å². The summed E-state index contributed by atoms with van der Waals surface area (Å²) in [6.45, 7) is 1.47. The lowest BCUT2D eigenvalue weighted by Crippen LogP contribution is -2.36. The molecule has 0 saturated carbocycles. The smallest absolute Gasteiger partial charge is 0.339 e. The molecule has 1 heterocycles. The zero-order valence-electron chi connectivity index (χ0n) is 22.9. The average molecular weight is 645 g/mol. The van der Waals surface area contributed by atoms with Crippen molar-refractivity contribution in [3.63, 3.8) is 0 Å². The Kier molecular flexibility index (Phi) is 10.1. The molecule has 0 atom stereocenters. The Hall–Kier alpha value is -4.33. The van der Waals surface area contributed by atoms with E-state index >= 15 is 0 Å². The lowest BCUT2D eigenvalue weighted by molar-refractivity contribution is -0.127. The number of methoxy groups -OCH3 is 1. The highest BCUT2D eigenvalue weighted by Crippen LogP contribution is 2.35. The number of amides is 3. The number of esters is 1. The Morgan fingerprint density at radius 2 is 1.77 bits per heavy atom. The van der Waals surface area contributed by atoms with Gasteiger partial charge in [-0.05, 0) is 72.3 Å². The van der Waals surface area contributed by atoms with Gasteiger partial charge in [0.05, 0.1) is 29.2 Å². The number of thioether (sulfide) groups is 1. The summed E-state index contributed by atoms with van der Waals surface area (Å²) >= 11 is 6.72. The Bertz CT molecular complexity index is 1710. The van der Waals surface area contributed by atoms with Gasteiger partial charge in [-0.15, -0.1) is 0 Å². The zero-order chi connectivity index (χ0) is 31.1. The van der Waals surface area contributed by atoms with Crippen molar-refractivity contribution in [3.05, 3.63) is 87.8 Å². The van der Waals surface area contributed by atoms with Crippen LogP contribution < -0.4 is 14.2 Å². The number of nitrogens with one attached hydrogen (secondary N) is 1. The molecule has 4 rings (SSSR count). The second-order valence-electron chi connectivity index (χ2n) is 8.91. The van der Waals surface area contributed by atoms with Gasteiger partial charge in [-0.25, -0.2) is 4.79 Å². The minimum atomic E-state index is -4.12. The molecule has 0 aliphatic carbocycles. The van der Waals surface area contributed by atoms with Crippen molar-refractivity contribution < 1.29 is 41.3 Å². The lowest BCUT2D eigenvalue weighted by atomic mass is 10.2. The number of halogens is 1. The van der Waals surface area contributed by atoms with Crippen molar-refractivity contribution in [2.45, 2.75) is 18.2 Å². The van der Waals surface area contributed by atoms with Crippen LogP contribution in [0.2, 0.25) is 5.02 Å². The number of carbonyl (C=O) groups excluding carboxylic acids is 4. The van der Waals surface area contributed by atoms with E-state index in [2.05, 4.69) is 5.32 Å². The van der Waals surface area contributed by atoms with Crippen LogP contribution in [0.1, 0.15) is 29.3 Å². The fourth-order valence-electron chi connectivity index (χ4n) is 3.76. The molecular formula is C29H25ClN2O9S2. The number of ether oxygens (including phenoxy) is 2. The van der Waals surface area contributed by atoms with Crippen molar-refractivity contribution in [3.8, 4) is 11.5 Å². The number of nitrogens with zero attached hydrogens (tertiary/aromatic N) is 1. The summed E-state index contributed by atoms with van der Waals surface area (Å²) in [7, 11) is -2.80. The minimum Gasteiger partial charge on any atom is -0.493 e. The highest BCUT2D eigenvalue weighted by molar-refractivity contribution is 8.18. The predicted molar refractivity (Wildman–Crippen MR) is 161 cm³/mol. The van der Waals surface area contributed by atoms with E-state index in [1.165, 1.54) is 61.7 Å². The molecule has 1 N–H and O–H groups in total. The van der Waals surface area contributed by atoms with E-state index in [4.69, 9.17) is 25.3 Å². The SMILES string of the molecule is CCCOC(=O)c1cc(NC(=O)CN2C(=O)S/C(=C\c3ccc(OS(=O)(=O)c4ccccc4)c(OC)c3)C2=O)ccc1Cl. The molecule has 1 aliphatic heterocycles. The molecule has 11 nitrogen and oxygen atoms in total. The third kappa shape index (κ3) is 7.74. The van der Waals surface area contributed by atoms with Crippen molar-refractivity contribution >= 4 is 68.3 Å². The van der Waals surface area contributed by atoms with E-state index < -0.39 is 39.7 Å². The van der Waals surface area contributed by atoms with E-state index in [-0.39, 0.29) is 44.2 Å². The molecule has 0 unspecified atom stereocenters. The number of carbonyl (C=O) groups is 4. The van der Waals surface area contributed by atoms with Gasteiger partial charge in [-0.3, -0.25) is 19.3 Å². The fraction of sp³-hybridized carbons (Fsp3) is 0.172. The van der Waals surface area contributed by atoms with Crippen LogP contribution in [0.3, 0.4) is 0 Å². The molecule has 3 aromatic rings. The molecule has 43 heavy (non-hydrogen) atoms. The van der Waals surface area contributed by atoms with Crippen LogP contribution in [0.15, 0.2) is 76.5 Å². The van der Waals surface area contributed by atoms with Gasteiger partial charge < -0.3 is 19.0 Å². The standard InChI is InChI=1S/C29H25ClN2O9S2/c1-3-13-40-28(35)21-16-19(10-11-22(21)30)31-26(33)17-32-27(34)25(42-29(32)36)15-18-9-12-23(24(14-18)39-2)41-43(37,38)20-7-5-4-6-8-20/h4-12,14-16H,3,13,17H2,1-2H3,(H,31,33)/b25-15-. The Balaban J connectivity index is 1.45. The number of imide groups is 1. The molecule has 3 amide bonds. The van der Waals surface area contributed by atoms with E-state index in [0.29, 0.717) is 23.7 Å². The van der Waals surface area contributed by atoms with Gasteiger partial charge in [-0.1, -0.05) is 42.8 Å². The molecular weight excluding hydrogens is 620 g/mol. The van der Waals surface area contributed by atoms with Crippen molar-refractivity contribution in [2.75, 3.05) is 25.6 Å². The first-order chi connectivity index (χ1) is 20.5. The average Bonchev–Trinajstić information content (AvgIpc) is 3.24. The van der Waals surface area contributed by atoms with Crippen LogP contribution in [0.25, 0.3) is 6.08 Å². The maximum Gasteiger partial charge on any atom is 0.339 e. The summed E-state index contributed by atoms with van der Waals surface area (Å²) in [5.41, 5.74) is 0.704. The third-order valence-electron chi connectivity index (χ3n) is 5.80. The summed E-state index contributed by atoms with van der Waals surface area (Å²) in [6.07, 6.45) is 2.03. The second kappa shape index (κ2) is 13.8. The number of benzene rings is 3. The quantitative estimate of drug-likeness (QED) is 0.164. The third-order valence-corrected chi connectivity index (χ3v) is 8.28. The zero-order valence-corrected chi connectivity index (χ0v) is 25.3. The molecule has 0 bridgehead atoms.